The second-order valence-corrected chi connectivity index (χ2v) is 6.07. The van der Waals surface area contributed by atoms with Crippen molar-refractivity contribution >= 4 is 37.6 Å². The third-order valence-corrected chi connectivity index (χ3v) is 4.56. The largest absolute Gasteiger partial charge is 0.381 e. The van der Waals surface area contributed by atoms with Gasteiger partial charge in [-0.3, -0.25) is 4.79 Å². The predicted molar refractivity (Wildman–Crippen MR) is 74.5 cm³/mol. The molecule has 1 fully saturated rings. The van der Waals surface area contributed by atoms with Crippen LogP contribution in [-0.2, 0) is 4.74 Å². The number of Topliss-reactive ketones (excluding diaryl/α,β-unsaturated/α-hetero) is 1. The highest BCUT2D eigenvalue weighted by Gasteiger charge is 2.24. The fraction of sp³-hybridized carbons (Fsp3) is 0.462. The van der Waals surface area contributed by atoms with E-state index in [0.717, 1.165) is 39.5 Å². The van der Waals surface area contributed by atoms with Crippen molar-refractivity contribution in [3.8, 4) is 0 Å². The van der Waals surface area contributed by atoms with Crippen LogP contribution in [0, 0.1) is 12.8 Å². The molecule has 1 unspecified atom stereocenters. The Balaban J connectivity index is 2.26. The van der Waals surface area contributed by atoms with E-state index in [-0.39, 0.29) is 11.7 Å². The normalized spacial score (nSPS) is 20.3. The molecule has 0 bridgehead atoms. The predicted octanol–water partition coefficient (Wildman–Crippen LogP) is 4.13. The van der Waals surface area contributed by atoms with Gasteiger partial charge in [0.05, 0.1) is 6.61 Å². The Bertz CT molecular complexity index is 437. The van der Waals surface area contributed by atoms with Crippen molar-refractivity contribution in [1.29, 1.82) is 0 Å². The summed E-state index contributed by atoms with van der Waals surface area (Å²) in [5.41, 5.74) is 1.87. The first kappa shape index (κ1) is 13.2. The van der Waals surface area contributed by atoms with Crippen molar-refractivity contribution in [2.45, 2.75) is 19.8 Å². The first-order chi connectivity index (χ1) is 8.09. The molecule has 0 N–H and O–H groups in total. The summed E-state index contributed by atoms with van der Waals surface area (Å²) in [6, 6.07) is 3.87. The number of benzene rings is 1. The molecule has 1 aliphatic rings. The van der Waals surface area contributed by atoms with E-state index in [1.54, 1.807) is 0 Å². The van der Waals surface area contributed by atoms with Crippen LogP contribution in [0.4, 0.5) is 0 Å². The van der Waals surface area contributed by atoms with E-state index in [0.29, 0.717) is 6.61 Å². The number of ketones is 1. The molecule has 2 nitrogen and oxygen atoms in total. The van der Waals surface area contributed by atoms with Gasteiger partial charge in [0.15, 0.2) is 5.78 Å². The Morgan fingerprint density at radius 2 is 2.12 bits per heavy atom. The summed E-state index contributed by atoms with van der Waals surface area (Å²) in [5, 5.41) is 0. The molecule has 4 heteroatoms. The number of ether oxygens (including phenoxy) is 1. The van der Waals surface area contributed by atoms with Gasteiger partial charge in [0, 0.05) is 27.0 Å². The minimum Gasteiger partial charge on any atom is -0.381 e. The van der Waals surface area contributed by atoms with Gasteiger partial charge in [-0.05, 0) is 37.5 Å². The molecule has 17 heavy (non-hydrogen) atoms. The van der Waals surface area contributed by atoms with Gasteiger partial charge in [0.25, 0.3) is 0 Å². The van der Waals surface area contributed by atoms with Crippen molar-refractivity contribution < 1.29 is 9.53 Å². The maximum Gasteiger partial charge on any atom is 0.169 e. The summed E-state index contributed by atoms with van der Waals surface area (Å²) in [5.74, 6) is 0.187. The Hall–Kier alpha value is -0.190. The van der Waals surface area contributed by atoms with Crippen molar-refractivity contribution in [3.05, 3.63) is 32.2 Å². The van der Waals surface area contributed by atoms with Gasteiger partial charge in [-0.25, -0.2) is 0 Å². The maximum absolute atomic E-state index is 12.4. The number of carbonyl (C=O) groups is 1. The van der Waals surface area contributed by atoms with Gasteiger partial charge < -0.3 is 4.74 Å². The Labute approximate surface area is 118 Å². The van der Waals surface area contributed by atoms with E-state index in [4.69, 9.17) is 4.74 Å². The number of rotatable bonds is 2. The number of carbonyl (C=O) groups excluding carboxylic acids is 1. The summed E-state index contributed by atoms with van der Waals surface area (Å²) in [7, 11) is 0. The lowest BCUT2D eigenvalue weighted by atomic mass is 9.92. The van der Waals surface area contributed by atoms with E-state index in [2.05, 4.69) is 31.9 Å². The number of hydrogen-bond donors (Lipinski definition) is 0. The van der Waals surface area contributed by atoms with Crippen molar-refractivity contribution in [2.75, 3.05) is 13.2 Å². The molecule has 1 aliphatic heterocycles. The minimum absolute atomic E-state index is 0.00894. The lowest BCUT2D eigenvalue weighted by molar-refractivity contribution is 0.0461. The van der Waals surface area contributed by atoms with E-state index in [1.165, 1.54) is 0 Å². The van der Waals surface area contributed by atoms with Crippen molar-refractivity contribution in [2.24, 2.45) is 5.92 Å². The molecular formula is C13H14Br2O2. The van der Waals surface area contributed by atoms with Gasteiger partial charge in [-0.1, -0.05) is 31.9 Å². The molecule has 1 heterocycles. The van der Waals surface area contributed by atoms with Crippen LogP contribution in [0.1, 0.15) is 28.8 Å². The van der Waals surface area contributed by atoms with Crippen LogP contribution in [0.25, 0.3) is 0 Å². The van der Waals surface area contributed by atoms with Crippen LogP contribution in [0.3, 0.4) is 0 Å². The highest BCUT2D eigenvalue weighted by atomic mass is 79.9. The van der Waals surface area contributed by atoms with Crippen LogP contribution in [0.2, 0.25) is 0 Å². The first-order valence-electron chi connectivity index (χ1n) is 5.67. The molecule has 1 aromatic rings. The monoisotopic (exact) mass is 360 g/mol. The Morgan fingerprint density at radius 1 is 1.35 bits per heavy atom. The van der Waals surface area contributed by atoms with Crippen LogP contribution in [0.15, 0.2) is 21.1 Å². The second-order valence-electron chi connectivity index (χ2n) is 4.36. The summed E-state index contributed by atoms with van der Waals surface area (Å²) < 4.78 is 7.21. The molecule has 2 rings (SSSR count). The quantitative estimate of drug-likeness (QED) is 0.740. The van der Waals surface area contributed by atoms with Crippen LogP contribution >= 0.6 is 31.9 Å². The molecule has 0 radical (unpaired) electrons. The van der Waals surface area contributed by atoms with E-state index < -0.39 is 0 Å². The van der Waals surface area contributed by atoms with Crippen LogP contribution in [-0.4, -0.2) is 19.0 Å². The van der Waals surface area contributed by atoms with E-state index in [9.17, 15) is 4.79 Å². The van der Waals surface area contributed by atoms with Gasteiger partial charge in [0.2, 0.25) is 0 Å². The summed E-state index contributed by atoms with van der Waals surface area (Å²) in [6.45, 7) is 3.34. The van der Waals surface area contributed by atoms with E-state index >= 15 is 0 Å². The molecular weight excluding hydrogens is 348 g/mol. The van der Waals surface area contributed by atoms with Gasteiger partial charge >= 0.3 is 0 Å². The fourth-order valence-corrected chi connectivity index (χ4v) is 3.00. The lowest BCUT2D eigenvalue weighted by Gasteiger charge is -2.21. The molecule has 1 aromatic carbocycles. The van der Waals surface area contributed by atoms with E-state index in [1.807, 2.05) is 19.1 Å². The third-order valence-electron chi connectivity index (χ3n) is 3.04. The summed E-state index contributed by atoms with van der Waals surface area (Å²) in [4.78, 5) is 12.4. The van der Waals surface area contributed by atoms with Gasteiger partial charge in [0.1, 0.15) is 0 Å². The number of aryl methyl sites for hydroxylation is 1. The van der Waals surface area contributed by atoms with Crippen molar-refractivity contribution in [3.63, 3.8) is 0 Å². The Morgan fingerprint density at radius 3 is 2.76 bits per heavy atom. The zero-order valence-corrected chi connectivity index (χ0v) is 12.8. The molecule has 0 spiro atoms. The molecule has 1 saturated heterocycles. The maximum atomic E-state index is 12.4. The molecule has 0 saturated carbocycles. The summed E-state index contributed by atoms with van der Waals surface area (Å²) in [6.07, 6.45) is 1.90. The molecule has 0 aromatic heterocycles. The number of hydrogen-bond acceptors (Lipinski definition) is 2. The molecule has 1 atom stereocenters. The SMILES string of the molecule is Cc1cc(Br)c(C(=O)C2CCCOC2)cc1Br. The molecule has 0 amide bonds. The Kier molecular flexibility index (Phi) is 4.39. The van der Waals surface area contributed by atoms with Crippen LogP contribution in [0.5, 0.6) is 0 Å². The topological polar surface area (TPSA) is 26.3 Å². The fourth-order valence-electron chi connectivity index (χ4n) is 2.00. The average molecular weight is 362 g/mol. The zero-order chi connectivity index (χ0) is 12.4. The van der Waals surface area contributed by atoms with Gasteiger partial charge in [-0.15, -0.1) is 0 Å². The van der Waals surface area contributed by atoms with Gasteiger partial charge in [-0.2, -0.15) is 0 Å². The second kappa shape index (κ2) is 5.63. The highest BCUT2D eigenvalue weighted by Crippen LogP contribution is 2.29. The smallest absolute Gasteiger partial charge is 0.169 e. The average Bonchev–Trinajstić information content (AvgIpc) is 2.34. The standard InChI is InChI=1S/C13H14Br2O2/c1-8-5-12(15)10(6-11(8)14)13(16)9-3-2-4-17-7-9/h5-6,9H,2-4,7H2,1H3. The third kappa shape index (κ3) is 2.98. The minimum atomic E-state index is 0.00894. The zero-order valence-electron chi connectivity index (χ0n) is 9.63. The highest BCUT2D eigenvalue weighted by molar-refractivity contribution is 9.11. The van der Waals surface area contributed by atoms with Crippen molar-refractivity contribution in [1.82, 2.24) is 0 Å². The molecule has 0 aliphatic carbocycles. The number of halogens is 2. The lowest BCUT2D eigenvalue weighted by Crippen LogP contribution is -2.25. The first-order valence-corrected chi connectivity index (χ1v) is 7.26. The summed E-state index contributed by atoms with van der Waals surface area (Å²) >= 11 is 6.93. The molecule has 92 valence electrons. The van der Waals surface area contributed by atoms with Crippen LogP contribution < -0.4 is 0 Å².